The lowest BCUT2D eigenvalue weighted by Crippen LogP contribution is -2.55. The van der Waals surface area contributed by atoms with Crippen molar-refractivity contribution in [2.24, 2.45) is 0 Å². The van der Waals surface area contributed by atoms with E-state index in [1.54, 1.807) is 0 Å². The molecular weight excluding hydrogens is 290 g/mol. The number of hydrogen-bond donors (Lipinski definition) is 1. The first kappa shape index (κ1) is 15.3. The van der Waals surface area contributed by atoms with Crippen LogP contribution in [0.15, 0.2) is 23.0 Å². The molecule has 0 aliphatic carbocycles. The summed E-state index contributed by atoms with van der Waals surface area (Å²) in [5, 5.41) is 2.30. The summed E-state index contributed by atoms with van der Waals surface area (Å²) in [4.78, 5) is 16.1. The molecular formula is C18H25NO2Si. The minimum Gasteiger partial charge on any atom is -0.493 e. The molecule has 0 saturated carbocycles. The number of H-pyrrole nitrogens is 1. The van der Waals surface area contributed by atoms with Crippen molar-refractivity contribution in [2.75, 3.05) is 6.61 Å². The highest BCUT2D eigenvalue weighted by Crippen LogP contribution is 2.32. The van der Waals surface area contributed by atoms with Gasteiger partial charge in [-0.3, -0.25) is 4.79 Å². The topological polar surface area (TPSA) is 42.1 Å². The van der Waals surface area contributed by atoms with Crippen LogP contribution in [0.2, 0.25) is 18.1 Å². The minimum absolute atomic E-state index is 0.152. The zero-order chi connectivity index (χ0) is 15.7. The molecule has 0 atom stereocenters. The Balaban J connectivity index is 2.42. The van der Waals surface area contributed by atoms with Gasteiger partial charge in [-0.05, 0) is 30.5 Å². The standard InChI is InChI=1S/C18H25NO2Si/c1-4-22(5-2,6-3)17-13-9-8-12-21-15-11-7-10-14(16(13)15)19-18(17)20/h7,10-11H,4-6,8-9,12H2,1-3H3,(H,19,20). The van der Waals surface area contributed by atoms with E-state index in [2.05, 4.69) is 25.8 Å². The molecule has 0 saturated heterocycles. The predicted octanol–water partition coefficient (Wildman–Crippen LogP) is 3.57. The van der Waals surface area contributed by atoms with Gasteiger partial charge in [0.05, 0.1) is 20.2 Å². The van der Waals surface area contributed by atoms with Crippen LogP contribution in [0.25, 0.3) is 10.9 Å². The zero-order valence-electron chi connectivity index (χ0n) is 13.8. The second-order valence-electron chi connectivity index (χ2n) is 6.28. The van der Waals surface area contributed by atoms with E-state index in [1.165, 1.54) is 5.56 Å². The minimum atomic E-state index is -1.73. The predicted molar refractivity (Wildman–Crippen MR) is 95.2 cm³/mol. The van der Waals surface area contributed by atoms with Crippen molar-refractivity contribution in [1.82, 2.24) is 4.98 Å². The van der Waals surface area contributed by atoms with Gasteiger partial charge in [-0.25, -0.2) is 0 Å². The molecule has 0 fully saturated rings. The number of pyridine rings is 1. The monoisotopic (exact) mass is 315 g/mol. The van der Waals surface area contributed by atoms with E-state index in [0.717, 1.165) is 59.4 Å². The first-order valence-electron chi connectivity index (χ1n) is 8.48. The summed E-state index contributed by atoms with van der Waals surface area (Å²) >= 11 is 0. The van der Waals surface area contributed by atoms with E-state index < -0.39 is 8.07 Å². The second-order valence-corrected chi connectivity index (χ2v) is 11.5. The maximum atomic E-state index is 12.9. The van der Waals surface area contributed by atoms with Crippen LogP contribution in [-0.2, 0) is 6.42 Å². The Kier molecular flexibility index (Phi) is 4.13. The van der Waals surface area contributed by atoms with Gasteiger partial charge in [0, 0.05) is 10.6 Å². The SMILES string of the molecule is CC[Si](CC)(CC)c1c2c3c(cccc3[nH]c1=O)OCCC2. The molecule has 4 heteroatoms. The Morgan fingerprint density at radius 3 is 2.59 bits per heavy atom. The highest BCUT2D eigenvalue weighted by atomic mass is 28.3. The highest BCUT2D eigenvalue weighted by Gasteiger charge is 2.35. The third-order valence-electron chi connectivity index (χ3n) is 5.49. The van der Waals surface area contributed by atoms with Crippen LogP contribution < -0.4 is 15.5 Å². The molecule has 1 aromatic heterocycles. The van der Waals surface area contributed by atoms with Gasteiger partial charge in [0.1, 0.15) is 5.75 Å². The summed E-state index contributed by atoms with van der Waals surface area (Å²) in [6, 6.07) is 9.38. The van der Waals surface area contributed by atoms with Crippen LogP contribution in [0.1, 0.15) is 32.8 Å². The van der Waals surface area contributed by atoms with Crippen molar-refractivity contribution < 1.29 is 4.74 Å². The Hall–Kier alpha value is -1.55. The molecule has 0 bridgehead atoms. The molecule has 0 amide bonds. The Bertz CT molecular complexity index is 738. The fourth-order valence-corrected chi connectivity index (χ4v) is 8.03. The third kappa shape index (κ3) is 2.21. The molecule has 0 radical (unpaired) electrons. The van der Waals surface area contributed by atoms with Gasteiger partial charge in [0.15, 0.2) is 0 Å². The molecule has 2 heterocycles. The second kappa shape index (κ2) is 5.92. The smallest absolute Gasteiger partial charge is 0.247 e. The summed E-state index contributed by atoms with van der Waals surface area (Å²) in [5.74, 6) is 0.939. The molecule has 2 aromatic rings. The summed E-state index contributed by atoms with van der Waals surface area (Å²) in [7, 11) is -1.73. The first-order valence-corrected chi connectivity index (χ1v) is 11.1. The molecule has 1 N–H and O–H groups in total. The molecule has 118 valence electrons. The van der Waals surface area contributed by atoms with E-state index in [1.807, 2.05) is 18.2 Å². The Morgan fingerprint density at radius 2 is 1.91 bits per heavy atom. The largest absolute Gasteiger partial charge is 0.493 e. The fraction of sp³-hybridized carbons (Fsp3) is 0.500. The summed E-state index contributed by atoms with van der Waals surface area (Å²) in [6.07, 6.45) is 1.95. The number of aromatic nitrogens is 1. The molecule has 22 heavy (non-hydrogen) atoms. The van der Waals surface area contributed by atoms with Crippen molar-refractivity contribution in [3.63, 3.8) is 0 Å². The van der Waals surface area contributed by atoms with Gasteiger partial charge in [0.25, 0.3) is 0 Å². The summed E-state index contributed by atoms with van der Waals surface area (Å²) in [6.45, 7) is 7.51. The van der Waals surface area contributed by atoms with Gasteiger partial charge in [-0.2, -0.15) is 0 Å². The maximum absolute atomic E-state index is 12.9. The average Bonchev–Trinajstić information content (AvgIpc) is 2.75. The van der Waals surface area contributed by atoms with Gasteiger partial charge in [0.2, 0.25) is 5.56 Å². The van der Waals surface area contributed by atoms with Crippen LogP contribution >= 0.6 is 0 Å². The lowest BCUT2D eigenvalue weighted by molar-refractivity contribution is 0.319. The number of aryl methyl sites for hydroxylation is 1. The van der Waals surface area contributed by atoms with Crippen molar-refractivity contribution in [2.45, 2.75) is 51.7 Å². The maximum Gasteiger partial charge on any atom is 0.247 e. The number of hydrogen-bond acceptors (Lipinski definition) is 2. The van der Waals surface area contributed by atoms with Gasteiger partial charge < -0.3 is 9.72 Å². The number of rotatable bonds is 4. The molecule has 1 aliphatic rings. The van der Waals surface area contributed by atoms with Crippen molar-refractivity contribution in [3.8, 4) is 5.75 Å². The fourth-order valence-electron chi connectivity index (χ4n) is 4.04. The third-order valence-corrected chi connectivity index (χ3v) is 11.1. The summed E-state index contributed by atoms with van der Waals surface area (Å²) in [5.41, 5.74) is 2.36. The number of aromatic amines is 1. The quantitative estimate of drug-likeness (QED) is 0.877. The Morgan fingerprint density at radius 1 is 1.18 bits per heavy atom. The lowest BCUT2D eigenvalue weighted by Gasteiger charge is -2.30. The number of ether oxygens (including phenoxy) is 1. The van der Waals surface area contributed by atoms with Gasteiger partial charge in [-0.15, -0.1) is 0 Å². The van der Waals surface area contributed by atoms with E-state index in [9.17, 15) is 4.79 Å². The Labute approximate surface area is 132 Å². The molecule has 0 unspecified atom stereocenters. The average molecular weight is 315 g/mol. The zero-order valence-corrected chi connectivity index (χ0v) is 14.8. The molecule has 0 spiro atoms. The highest BCUT2D eigenvalue weighted by molar-refractivity contribution is 6.92. The van der Waals surface area contributed by atoms with Crippen LogP contribution in [-0.4, -0.2) is 19.7 Å². The van der Waals surface area contributed by atoms with Crippen LogP contribution in [0.5, 0.6) is 5.75 Å². The van der Waals surface area contributed by atoms with Crippen molar-refractivity contribution >= 4 is 24.2 Å². The van der Waals surface area contributed by atoms with Gasteiger partial charge in [-0.1, -0.05) is 45.0 Å². The molecule has 3 rings (SSSR count). The molecule has 1 aromatic carbocycles. The van der Waals surface area contributed by atoms with Crippen LogP contribution in [0.3, 0.4) is 0 Å². The first-order chi connectivity index (χ1) is 10.7. The lowest BCUT2D eigenvalue weighted by atomic mass is 10.0. The van der Waals surface area contributed by atoms with Crippen LogP contribution in [0.4, 0.5) is 0 Å². The number of nitrogens with one attached hydrogen (secondary N) is 1. The normalized spacial score (nSPS) is 14.7. The van der Waals surface area contributed by atoms with Gasteiger partial charge >= 0.3 is 0 Å². The summed E-state index contributed by atoms with van der Waals surface area (Å²) < 4.78 is 5.92. The molecule has 1 aliphatic heterocycles. The van der Waals surface area contributed by atoms with Crippen LogP contribution in [0, 0.1) is 0 Å². The molecule has 3 nitrogen and oxygen atoms in total. The van der Waals surface area contributed by atoms with E-state index in [-0.39, 0.29) is 5.56 Å². The van der Waals surface area contributed by atoms with E-state index in [4.69, 9.17) is 4.74 Å². The van der Waals surface area contributed by atoms with Crippen molar-refractivity contribution in [3.05, 3.63) is 34.1 Å². The number of benzene rings is 1. The van der Waals surface area contributed by atoms with E-state index >= 15 is 0 Å². The van der Waals surface area contributed by atoms with Crippen molar-refractivity contribution in [1.29, 1.82) is 0 Å². The van der Waals surface area contributed by atoms with E-state index in [0.29, 0.717) is 0 Å².